The van der Waals surface area contributed by atoms with E-state index in [1.54, 1.807) is 48.5 Å². The quantitative estimate of drug-likeness (QED) is 0.601. The summed E-state index contributed by atoms with van der Waals surface area (Å²) in [5, 5.41) is 3.00. The zero-order valence-electron chi connectivity index (χ0n) is 15.0. The van der Waals surface area contributed by atoms with E-state index >= 15 is 0 Å². The van der Waals surface area contributed by atoms with Crippen molar-refractivity contribution in [1.29, 1.82) is 0 Å². The number of para-hydroxylation sites is 1. The molecule has 9 heteroatoms. The summed E-state index contributed by atoms with van der Waals surface area (Å²) in [6.45, 7) is -1.03. The van der Waals surface area contributed by atoms with E-state index in [9.17, 15) is 14.4 Å². The number of esters is 1. The Hall–Kier alpha value is -2.58. The summed E-state index contributed by atoms with van der Waals surface area (Å²) in [7, 11) is 1.43. The second-order valence-electron chi connectivity index (χ2n) is 5.68. The fraction of sp³-hybridized carbons (Fsp3) is 0.211. The highest BCUT2D eigenvalue weighted by molar-refractivity contribution is 9.10. The van der Waals surface area contributed by atoms with Gasteiger partial charge in [-0.25, -0.2) is 4.79 Å². The van der Waals surface area contributed by atoms with Gasteiger partial charge in [0.05, 0.1) is 17.3 Å². The second-order valence-corrected chi connectivity index (χ2v) is 7.00. The first kappa shape index (κ1) is 21.7. The molecule has 0 aliphatic rings. The lowest BCUT2D eigenvalue weighted by molar-refractivity contribution is -0.153. The third-order valence-electron chi connectivity index (χ3n) is 3.48. The Morgan fingerprint density at radius 1 is 1.07 bits per heavy atom. The van der Waals surface area contributed by atoms with Gasteiger partial charge in [0.1, 0.15) is 5.75 Å². The van der Waals surface area contributed by atoms with Crippen LogP contribution in [0.5, 0.6) is 5.75 Å². The molecule has 2 amide bonds. The lowest BCUT2D eigenvalue weighted by atomic mass is 10.3. The van der Waals surface area contributed by atoms with E-state index in [0.717, 1.165) is 9.37 Å². The zero-order valence-corrected chi connectivity index (χ0v) is 17.3. The average Bonchev–Trinajstić information content (AvgIpc) is 2.67. The standard InChI is InChI=1S/C19H18BrClN2O5/c1-23(10-17(24)22-16-5-3-2-4-15(16)21)18(25)11-28-19(26)12-27-14-8-6-13(20)7-9-14/h2-9H,10-12H2,1H3,(H,22,24). The maximum absolute atomic E-state index is 12.0. The van der Waals surface area contributed by atoms with Gasteiger partial charge in [-0.1, -0.05) is 39.7 Å². The zero-order chi connectivity index (χ0) is 20.5. The first-order valence-corrected chi connectivity index (χ1v) is 9.34. The fourth-order valence-electron chi connectivity index (χ4n) is 2.02. The number of carbonyl (C=O) groups is 3. The van der Waals surface area contributed by atoms with E-state index in [1.165, 1.54) is 7.05 Å². The summed E-state index contributed by atoms with van der Waals surface area (Å²) in [6.07, 6.45) is 0. The van der Waals surface area contributed by atoms with Gasteiger partial charge in [0.15, 0.2) is 13.2 Å². The van der Waals surface area contributed by atoms with E-state index in [1.807, 2.05) is 0 Å². The summed E-state index contributed by atoms with van der Waals surface area (Å²) in [6, 6.07) is 13.7. The molecule has 0 aliphatic carbocycles. The maximum Gasteiger partial charge on any atom is 0.344 e. The Balaban J connectivity index is 1.71. The van der Waals surface area contributed by atoms with Crippen LogP contribution in [0.4, 0.5) is 5.69 Å². The van der Waals surface area contributed by atoms with Crippen molar-refractivity contribution in [3.63, 3.8) is 0 Å². The van der Waals surface area contributed by atoms with Crippen LogP contribution in [0.2, 0.25) is 5.02 Å². The second kappa shape index (κ2) is 10.7. The van der Waals surface area contributed by atoms with Crippen molar-refractivity contribution in [2.45, 2.75) is 0 Å². The van der Waals surface area contributed by atoms with Gasteiger partial charge >= 0.3 is 5.97 Å². The number of hydrogen-bond donors (Lipinski definition) is 1. The predicted molar refractivity (Wildman–Crippen MR) is 108 cm³/mol. The monoisotopic (exact) mass is 468 g/mol. The normalized spacial score (nSPS) is 10.1. The molecule has 0 unspecified atom stereocenters. The smallest absolute Gasteiger partial charge is 0.344 e. The van der Waals surface area contributed by atoms with Gasteiger partial charge in [-0.2, -0.15) is 0 Å². The Bertz CT molecular complexity index is 844. The van der Waals surface area contributed by atoms with Crippen LogP contribution < -0.4 is 10.1 Å². The van der Waals surface area contributed by atoms with Gasteiger partial charge in [-0.3, -0.25) is 9.59 Å². The number of carbonyl (C=O) groups excluding carboxylic acids is 3. The van der Waals surface area contributed by atoms with E-state index in [2.05, 4.69) is 21.2 Å². The van der Waals surface area contributed by atoms with Crippen molar-refractivity contribution < 1.29 is 23.9 Å². The summed E-state index contributed by atoms with van der Waals surface area (Å²) in [5.41, 5.74) is 0.450. The number of anilines is 1. The molecule has 2 aromatic carbocycles. The van der Waals surface area contributed by atoms with Crippen LogP contribution in [-0.2, 0) is 19.1 Å². The Labute approximate surface area is 175 Å². The molecule has 2 aromatic rings. The molecule has 0 radical (unpaired) electrons. The maximum atomic E-state index is 12.0. The molecule has 0 heterocycles. The highest BCUT2D eigenvalue weighted by Crippen LogP contribution is 2.20. The van der Waals surface area contributed by atoms with E-state index in [0.29, 0.717) is 16.5 Å². The van der Waals surface area contributed by atoms with Crippen molar-refractivity contribution in [1.82, 2.24) is 4.90 Å². The van der Waals surface area contributed by atoms with Crippen molar-refractivity contribution in [2.24, 2.45) is 0 Å². The molecule has 1 N–H and O–H groups in total. The van der Waals surface area contributed by atoms with Gasteiger partial charge in [-0.05, 0) is 36.4 Å². The van der Waals surface area contributed by atoms with Crippen LogP contribution in [0.1, 0.15) is 0 Å². The molecular weight excluding hydrogens is 452 g/mol. The van der Waals surface area contributed by atoms with Gasteiger partial charge in [0.2, 0.25) is 5.91 Å². The number of amides is 2. The van der Waals surface area contributed by atoms with Crippen molar-refractivity contribution in [3.05, 3.63) is 58.0 Å². The first-order chi connectivity index (χ1) is 13.3. The van der Waals surface area contributed by atoms with Crippen LogP contribution in [0, 0.1) is 0 Å². The van der Waals surface area contributed by atoms with E-state index in [-0.39, 0.29) is 13.2 Å². The number of ether oxygens (including phenoxy) is 2. The molecule has 0 saturated heterocycles. The molecule has 0 fully saturated rings. The minimum Gasteiger partial charge on any atom is -0.482 e. The molecule has 0 aliphatic heterocycles. The summed E-state index contributed by atoms with van der Waals surface area (Å²) in [5.74, 6) is -1.13. The number of halogens is 2. The molecule has 0 atom stereocenters. The predicted octanol–water partition coefficient (Wildman–Crippen LogP) is 3.12. The van der Waals surface area contributed by atoms with Crippen molar-refractivity contribution in [2.75, 3.05) is 32.1 Å². The van der Waals surface area contributed by atoms with E-state index in [4.69, 9.17) is 21.1 Å². The highest BCUT2D eigenvalue weighted by atomic mass is 79.9. The number of hydrogen-bond acceptors (Lipinski definition) is 5. The van der Waals surface area contributed by atoms with Crippen molar-refractivity contribution >= 4 is 51.0 Å². The Kier molecular flexibility index (Phi) is 8.28. The highest BCUT2D eigenvalue weighted by Gasteiger charge is 2.16. The summed E-state index contributed by atoms with van der Waals surface area (Å²) < 4.78 is 11.0. The number of rotatable bonds is 8. The molecule has 0 bridgehead atoms. The molecule has 2 rings (SSSR count). The first-order valence-electron chi connectivity index (χ1n) is 8.17. The summed E-state index contributed by atoms with van der Waals surface area (Å²) in [4.78, 5) is 36.9. The van der Waals surface area contributed by atoms with Crippen molar-refractivity contribution in [3.8, 4) is 5.75 Å². The number of nitrogens with zero attached hydrogens (tertiary/aromatic N) is 1. The molecule has 0 aromatic heterocycles. The lowest BCUT2D eigenvalue weighted by Gasteiger charge is -2.17. The SMILES string of the molecule is CN(CC(=O)Nc1ccccc1Cl)C(=O)COC(=O)COc1ccc(Br)cc1. The van der Waals surface area contributed by atoms with Crippen LogP contribution in [0.25, 0.3) is 0 Å². The number of benzene rings is 2. The van der Waals surface area contributed by atoms with Crippen LogP contribution in [0.3, 0.4) is 0 Å². The fourth-order valence-corrected chi connectivity index (χ4v) is 2.47. The third-order valence-corrected chi connectivity index (χ3v) is 4.34. The molecule has 7 nitrogen and oxygen atoms in total. The van der Waals surface area contributed by atoms with E-state index < -0.39 is 24.4 Å². The Morgan fingerprint density at radius 3 is 2.43 bits per heavy atom. The number of likely N-dealkylation sites (N-methyl/N-ethyl adjacent to an activating group) is 1. The molecule has 0 spiro atoms. The average molecular weight is 470 g/mol. The van der Waals surface area contributed by atoms with Gasteiger partial charge in [0.25, 0.3) is 5.91 Å². The topological polar surface area (TPSA) is 84.9 Å². The van der Waals surface area contributed by atoms with Gasteiger partial charge < -0.3 is 19.7 Å². The molecule has 148 valence electrons. The van der Waals surface area contributed by atoms with Gasteiger partial charge in [-0.15, -0.1) is 0 Å². The van der Waals surface area contributed by atoms with Crippen LogP contribution in [-0.4, -0.2) is 49.5 Å². The van der Waals surface area contributed by atoms with Crippen LogP contribution >= 0.6 is 27.5 Å². The minimum atomic E-state index is -0.690. The molecule has 28 heavy (non-hydrogen) atoms. The lowest BCUT2D eigenvalue weighted by Crippen LogP contribution is -2.37. The van der Waals surface area contributed by atoms with Crippen LogP contribution in [0.15, 0.2) is 53.0 Å². The number of nitrogens with one attached hydrogen (secondary N) is 1. The van der Waals surface area contributed by atoms with Gasteiger partial charge in [0, 0.05) is 11.5 Å². The summed E-state index contributed by atoms with van der Waals surface area (Å²) >= 11 is 9.26. The molecular formula is C19H18BrClN2O5. The molecule has 0 saturated carbocycles. The Morgan fingerprint density at radius 2 is 1.75 bits per heavy atom. The largest absolute Gasteiger partial charge is 0.482 e. The third kappa shape index (κ3) is 7.21. The minimum absolute atomic E-state index is 0.211.